The van der Waals surface area contributed by atoms with Crippen LogP contribution >= 0.6 is 0 Å². The van der Waals surface area contributed by atoms with Gasteiger partial charge >= 0.3 is 6.09 Å². The fourth-order valence-corrected chi connectivity index (χ4v) is 2.93. The van der Waals surface area contributed by atoms with Gasteiger partial charge in [0.25, 0.3) is 0 Å². The standard InChI is InChI=1S/C18H29N3O2/c1-6-20(5)16-14(10-9-12-19-16)15-11-7-8-13-21(15)17(22)23-18(2,3)4/h9-10,12,15H,6-8,11,13H2,1-5H3/t15-/m1/s1. The van der Waals surface area contributed by atoms with E-state index in [9.17, 15) is 4.79 Å². The molecule has 1 aliphatic heterocycles. The molecular weight excluding hydrogens is 290 g/mol. The highest BCUT2D eigenvalue weighted by atomic mass is 16.6. The molecule has 23 heavy (non-hydrogen) atoms. The second-order valence-electron chi connectivity index (χ2n) is 7.12. The SMILES string of the molecule is CCN(C)c1ncccc1[C@H]1CCCCN1C(=O)OC(C)(C)C. The van der Waals surface area contributed by atoms with Crippen LogP contribution in [0.25, 0.3) is 0 Å². The van der Waals surface area contributed by atoms with Gasteiger partial charge in [-0.05, 0) is 53.0 Å². The number of hydrogen-bond acceptors (Lipinski definition) is 4. The predicted octanol–water partition coefficient (Wildman–Crippen LogP) is 4.00. The molecule has 5 nitrogen and oxygen atoms in total. The van der Waals surface area contributed by atoms with Gasteiger partial charge in [-0.25, -0.2) is 9.78 Å². The van der Waals surface area contributed by atoms with Crippen LogP contribution < -0.4 is 4.90 Å². The molecule has 2 rings (SSSR count). The molecule has 1 aliphatic rings. The minimum atomic E-state index is -0.475. The van der Waals surface area contributed by atoms with Crippen molar-refractivity contribution >= 4 is 11.9 Å². The lowest BCUT2D eigenvalue weighted by atomic mass is 9.95. The van der Waals surface area contributed by atoms with E-state index in [1.165, 1.54) is 0 Å². The van der Waals surface area contributed by atoms with Crippen LogP contribution in [-0.2, 0) is 4.74 Å². The summed E-state index contributed by atoms with van der Waals surface area (Å²) in [4.78, 5) is 21.2. The first-order chi connectivity index (χ1) is 10.8. The van der Waals surface area contributed by atoms with Gasteiger partial charge in [0.2, 0.25) is 0 Å². The Morgan fingerprint density at radius 1 is 1.43 bits per heavy atom. The molecule has 1 fully saturated rings. The summed E-state index contributed by atoms with van der Waals surface area (Å²) in [6.07, 6.45) is 4.68. The van der Waals surface area contributed by atoms with E-state index in [4.69, 9.17) is 4.74 Å². The Morgan fingerprint density at radius 2 is 2.17 bits per heavy atom. The first-order valence-electron chi connectivity index (χ1n) is 8.49. The maximum atomic E-state index is 12.6. The molecule has 0 unspecified atom stereocenters. The van der Waals surface area contributed by atoms with Crippen molar-refractivity contribution in [1.29, 1.82) is 0 Å². The molecule has 0 spiro atoms. The molecule has 1 atom stereocenters. The van der Waals surface area contributed by atoms with Crippen LogP contribution in [-0.4, -0.2) is 41.7 Å². The molecule has 128 valence electrons. The number of pyridine rings is 1. The minimum absolute atomic E-state index is 0.0382. The minimum Gasteiger partial charge on any atom is -0.444 e. The van der Waals surface area contributed by atoms with E-state index in [1.54, 1.807) is 0 Å². The maximum absolute atomic E-state index is 12.6. The van der Waals surface area contributed by atoms with E-state index >= 15 is 0 Å². The highest BCUT2D eigenvalue weighted by Gasteiger charge is 2.33. The number of aromatic nitrogens is 1. The number of likely N-dealkylation sites (tertiary alicyclic amines) is 1. The summed E-state index contributed by atoms with van der Waals surface area (Å²) in [6, 6.07) is 4.07. The number of piperidine rings is 1. The van der Waals surface area contributed by atoms with E-state index < -0.39 is 5.60 Å². The van der Waals surface area contributed by atoms with Gasteiger partial charge in [-0.3, -0.25) is 0 Å². The number of carbonyl (C=O) groups is 1. The fourth-order valence-electron chi connectivity index (χ4n) is 2.93. The Bertz CT molecular complexity index is 539. The average molecular weight is 319 g/mol. The summed E-state index contributed by atoms with van der Waals surface area (Å²) in [7, 11) is 2.03. The van der Waals surface area contributed by atoms with Crippen molar-refractivity contribution in [3.63, 3.8) is 0 Å². The lowest BCUT2D eigenvalue weighted by Crippen LogP contribution is -2.42. The van der Waals surface area contributed by atoms with Crippen molar-refractivity contribution in [1.82, 2.24) is 9.88 Å². The molecule has 1 aromatic heterocycles. The summed E-state index contributed by atoms with van der Waals surface area (Å²) in [5, 5.41) is 0. The van der Waals surface area contributed by atoms with Crippen LogP contribution in [0.5, 0.6) is 0 Å². The van der Waals surface area contributed by atoms with Crippen molar-refractivity contribution in [3.05, 3.63) is 23.9 Å². The fraction of sp³-hybridized carbons (Fsp3) is 0.667. The molecule has 0 radical (unpaired) electrons. The molecule has 0 N–H and O–H groups in total. The molecule has 1 amide bonds. The number of ether oxygens (including phenoxy) is 1. The number of carbonyl (C=O) groups excluding carboxylic acids is 1. The Hall–Kier alpha value is -1.78. The van der Waals surface area contributed by atoms with Gasteiger partial charge in [-0.15, -0.1) is 0 Å². The van der Waals surface area contributed by atoms with E-state index in [0.29, 0.717) is 0 Å². The monoisotopic (exact) mass is 319 g/mol. The zero-order valence-corrected chi connectivity index (χ0v) is 15.0. The summed E-state index contributed by atoms with van der Waals surface area (Å²) >= 11 is 0. The van der Waals surface area contributed by atoms with Crippen LogP contribution in [0, 0.1) is 0 Å². The average Bonchev–Trinajstić information content (AvgIpc) is 2.52. The van der Waals surface area contributed by atoms with E-state index in [0.717, 1.165) is 43.7 Å². The zero-order chi connectivity index (χ0) is 17.0. The van der Waals surface area contributed by atoms with E-state index in [2.05, 4.69) is 22.9 Å². The quantitative estimate of drug-likeness (QED) is 0.845. The molecule has 0 aliphatic carbocycles. The van der Waals surface area contributed by atoms with Crippen molar-refractivity contribution in [2.45, 2.75) is 58.6 Å². The number of hydrogen-bond donors (Lipinski definition) is 0. The summed E-state index contributed by atoms with van der Waals surface area (Å²) in [5.74, 6) is 0.954. The summed E-state index contributed by atoms with van der Waals surface area (Å²) < 4.78 is 5.61. The lowest BCUT2D eigenvalue weighted by Gasteiger charge is -2.38. The van der Waals surface area contributed by atoms with Gasteiger partial charge in [0, 0.05) is 31.9 Å². The first kappa shape index (κ1) is 17.6. The third-order valence-electron chi connectivity index (χ3n) is 4.14. The van der Waals surface area contributed by atoms with Crippen LogP contribution in [0.2, 0.25) is 0 Å². The molecule has 5 heteroatoms. The van der Waals surface area contributed by atoms with Gasteiger partial charge in [-0.1, -0.05) is 6.07 Å². The molecule has 1 saturated heterocycles. The number of amides is 1. The third kappa shape index (κ3) is 4.36. The molecule has 0 saturated carbocycles. The van der Waals surface area contributed by atoms with Crippen molar-refractivity contribution in [3.8, 4) is 0 Å². The Balaban J connectivity index is 2.30. The van der Waals surface area contributed by atoms with E-state index in [1.807, 2.05) is 45.0 Å². The van der Waals surface area contributed by atoms with Gasteiger partial charge in [0.1, 0.15) is 11.4 Å². The highest BCUT2D eigenvalue weighted by molar-refractivity contribution is 5.69. The lowest BCUT2D eigenvalue weighted by molar-refractivity contribution is 0.00955. The van der Waals surface area contributed by atoms with Crippen molar-refractivity contribution in [2.24, 2.45) is 0 Å². The number of rotatable bonds is 3. The Labute approximate surface area is 139 Å². The normalized spacial score (nSPS) is 18.7. The van der Waals surface area contributed by atoms with E-state index in [-0.39, 0.29) is 12.1 Å². The largest absolute Gasteiger partial charge is 0.444 e. The molecule has 2 heterocycles. The second kappa shape index (κ2) is 7.20. The topological polar surface area (TPSA) is 45.7 Å². The van der Waals surface area contributed by atoms with Gasteiger partial charge in [0.15, 0.2) is 0 Å². The van der Waals surface area contributed by atoms with Crippen molar-refractivity contribution in [2.75, 3.05) is 25.0 Å². The molecule has 0 bridgehead atoms. The predicted molar refractivity (Wildman–Crippen MR) is 92.7 cm³/mol. The smallest absolute Gasteiger partial charge is 0.410 e. The van der Waals surface area contributed by atoms with Crippen LogP contribution in [0.3, 0.4) is 0 Å². The molecule has 1 aromatic rings. The highest BCUT2D eigenvalue weighted by Crippen LogP contribution is 2.36. The number of nitrogens with zero attached hydrogens (tertiary/aromatic N) is 3. The Morgan fingerprint density at radius 3 is 2.83 bits per heavy atom. The van der Waals surface area contributed by atoms with Crippen molar-refractivity contribution < 1.29 is 9.53 Å². The molecule has 0 aromatic carbocycles. The zero-order valence-electron chi connectivity index (χ0n) is 15.0. The third-order valence-corrected chi connectivity index (χ3v) is 4.14. The second-order valence-corrected chi connectivity index (χ2v) is 7.12. The van der Waals surface area contributed by atoms with Crippen LogP contribution in [0.15, 0.2) is 18.3 Å². The summed E-state index contributed by atoms with van der Waals surface area (Å²) in [6.45, 7) is 9.44. The van der Waals surface area contributed by atoms with Gasteiger partial charge < -0.3 is 14.5 Å². The summed E-state index contributed by atoms with van der Waals surface area (Å²) in [5.41, 5.74) is 0.638. The Kier molecular flexibility index (Phi) is 5.50. The first-order valence-corrected chi connectivity index (χ1v) is 8.49. The van der Waals surface area contributed by atoms with Gasteiger partial charge in [-0.2, -0.15) is 0 Å². The number of anilines is 1. The van der Waals surface area contributed by atoms with Crippen LogP contribution in [0.1, 0.15) is 58.6 Å². The maximum Gasteiger partial charge on any atom is 0.410 e. The molecular formula is C18H29N3O2. The van der Waals surface area contributed by atoms with Gasteiger partial charge in [0.05, 0.1) is 6.04 Å². The van der Waals surface area contributed by atoms with Crippen LogP contribution in [0.4, 0.5) is 10.6 Å².